The lowest BCUT2D eigenvalue weighted by Crippen LogP contribution is -2.42. The molecule has 0 unspecified atom stereocenters. The van der Waals surface area contributed by atoms with Gasteiger partial charge in [-0.3, -0.25) is 4.99 Å². The van der Waals surface area contributed by atoms with Crippen molar-refractivity contribution in [2.24, 2.45) is 4.99 Å². The summed E-state index contributed by atoms with van der Waals surface area (Å²) in [5.74, 6) is 1.82. The summed E-state index contributed by atoms with van der Waals surface area (Å²) in [5.41, 5.74) is 0. The van der Waals surface area contributed by atoms with Crippen LogP contribution in [-0.4, -0.2) is 32.2 Å². The molecule has 3 rings (SSSR count). The second kappa shape index (κ2) is 8.07. The minimum atomic E-state index is 0. The van der Waals surface area contributed by atoms with E-state index in [-0.39, 0.29) is 24.0 Å². The summed E-state index contributed by atoms with van der Waals surface area (Å²) in [6.07, 6.45) is 1.11. The van der Waals surface area contributed by atoms with Crippen molar-refractivity contribution in [2.45, 2.75) is 6.42 Å². The number of nitrogens with one attached hydrogen (secondary N) is 2. The first-order valence-corrected chi connectivity index (χ1v) is 7.06. The number of hydrogen-bond donors (Lipinski definition) is 2. The zero-order chi connectivity index (χ0) is 13.6. The molecule has 0 amide bonds. The Kier molecular flexibility index (Phi) is 6.10. The number of ether oxygens (including phenoxy) is 1. The highest BCUT2D eigenvalue weighted by atomic mass is 127. The fourth-order valence-corrected chi connectivity index (χ4v) is 2.30. The fraction of sp³-hybridized carbons (Fsp3) is 0.312. The quantitative estimate of drug-likeness (QED) is 0.616. The zero-order valence-electron chi connectivity index (χ0n) is 11.8. The maximum absolute atomic E-state index is 5.87. The molecule has 0 saturated heterocycles. The van der Waals surface area contributed by atoms with Gasteiger partial charge in [0, 0.05) is 18.5 Å². The lowest BCUT2D eigenvalue weighted by molar-refractivity contribution is 0.325. The van der Waals surface area contributed by atoms with Crippen LogP contribution < -0.4 is 15.4 Å². The summed E-state index contributed by atoms with van der Waals surface area (Å²) in [6, 6.07) is 14.4. The van der Waals surface area contributed by atoms with Gasteiger partial charge >= 0.3 is 0 Å². The number of aliphatic imine (C=N–C) groups is 1. The first-order valence-electron chi connectivity index (χ1n) is 7.06. The maximum Gasteiger partial charge on any atom is 0.191 e. The van der Waals surface area contributed by atoms with E-state index in [1.807, 2.05) is 24.3 Å². The number of benzene rings is 2. The van der Waals surface area contributed by atoms with Crippen molar-refractivity contribution in [1.82, 2.24) is 10.6 Å². The average molecular weight is 397 g/mol. The van der Waals surface area contributed by atoms with E-state index in [0.29, 0.717) is 6.61 Å². The molecule has 1 heterocycles. The van der Waals surface area contributed by atoms with Crippen LogP contribution in [0.1, 0.15) is 6.42 Å². The van der Waals surface area contributed by atoms with E-state index in [1.165, 1.54) is 5.39 Å². The predicted octanol–water partition coefficient (Wildman–Crippen LogP) is 2.78. The third kappa shape index (κ3) is 4.23. The van der Waals surface area contributed by atoms with Crippen LogP contribution in [0, 0.1) is 0 Å². The SMILES string of the molecule is I.c1ccc2c(OCCNC3=NCCCN3)cccc2c1. The Morgan fingerprint density at radius 1 is 1.14 bits per heavy atom. The average Bonchev–Trinajstić information content (AvgIpc) is 2.53. The van der Waals surface area contributed by atoms with E-state index in [2.05, 4.69) is 33.8 Å². The maximum atomic E-state index is 5.87. The van der Waals surface area contributed by atoms with Gasteiger partial charge in [0.2, 0.25) is 0 Å². The van der Waals surface area contributed by atoms with Crippen molar-refractivity contribution in [2.75, 3.05) is 26.2 Å². The highest BCUT2D eigenvalue weighted by Gasteiger charge is 2.03. The van der Waals surface area contributed by atoms with Crippen LogP contribution >= 0.6 is 24.0 Å². The van der Waals surface area contributed by atoms with Crippen molar-refractivity contribution in [3.05, 3.63) is 42.5 Å². The molecule has 0 aliphatic carbocycles. The molecule has 0 bridgehead atoms. The number of hydrogen-bond acceptors (Lipinski definition) is 4. The topological polar surface area (TPSA) is 45.6 Å². The molecule has 0 spiro atoms. The fourth-order valence-electron chi connectivity index (χ4n) is 2.30. The lowest BCUT2D eigenvalue weighted by Gasteiger charge is -2.16. The number of halogens is 1. The van der Waals surface area contributed by atoms with Gasteiger partial charge in [0.25, 0.3) is 0 Å². The molecule has 1 aliphatic rings. The molecule has 4 nitrogen and oxygen atoms in total. The Morgan fingerprint density at radius 2 is 2.00 bits per heavy atom. The number of rotatable bonds is 4. The van der Waals surface area contributed by atoms with Crippen LogP contribution in [-0.2, 0) is 0 Å². The van der Waals surface area contributed by atoms with Crippen molar-refractivity contribution >= 4 is 40.7 Å². The second-order valence-corrected chi connectivity index (χ2v) is 4.76. The van der Waals surface area contributed by atoms with Crippen molar-refractivity contribution < 1.29 is 4.74 Å². The van der Waals surface area contributed by atoms with Gasteiger partial charge in [0.05, 0.1) is 6.54 Å². The first kappa shape index (κ1) is 15.9. The van der Waals surface area contributed by atoms with Gasteiger partial charge in [-0.1, -0.05) is 36.4 Å². The van der Waals surface area contributed by atoms with Gasteiger partial charge in [0.15, 0.2) is 5.96 Å². The summed E-state index contributed by atoms with van der Waals surface area (Å²) < 4.78 is 5.87. The summed E-state index contributed by atoms with van der Waals surface area (Å²) in [6.45, 7) is 3.26. The highest BCUT2D eigenvalue weighted by molar-refractivity contribution is 14.0. The molecule has 1 aliphatic heterocycles. The van der Waals surface area contributed by atoms with Crippen LogP contribution in [0.3, 0.4) is 0 Å². The molecule has 5 heteroatoms. The standard InChI is InChI=1S/C16H19N3O.HI/c1-2-7-14-13(5-1)6-3-8-15(14)20-12-11-19-16-17-9-4-10-18-16;/h1-3,5-8H,4,9-12H2,(H2,17,18,19);1H. The predicted molar refractivity (Wildman–Crippen MR) is 97.8 cm³/mol. The summed E-state index contributed by atoms with van der Waals surface area (Å²) in [4.78, 5) is 4.36. The third-order valence-electron chi connectivity index (χ3n) is 3.30. The van der Waals surface area contributed by atoms with Crippen molar-refractivity contribution in [3.8, 4) is 5.75 Å². The Bertz CT molecular complexity index is 610. The molecule has 2 aromatic carbocycles. The van der Waals surface area contributed by atoms with E-state index >= 15 is 0 Å². The van der Waals surface area contributed by atoms with Crippen LogP contribution in [0.5, 0.6) is 5.75 Å². The summed E-state index contributed by atoms with van der Waals surface area (Å²) in [7, 11) is 0. The van der Waals surface area contributed by atoms with Gasteiger partial charge < -0.3 is 15.4 Å². The normalized spacial score (nSPS) is 13.8. The van der Waals surface area contributed by atoms with Gasteiger partial charge in [-0.2, -0.15) is 0 Å². The molecule has 0 saturated carbocycles. The molecule has 112 valence electrons. The monoisotopic (exact) mass is 397 g/mol. The van der Waals surface area contributed by atoms with Crippen LogP contribution in [0.25, 0.3) is 10.8 Å². The van der Waals surface area contributed by atoms with Crippen LogP contribution in [0.15, 0.2) is 47.5 Å². The van der Waals surface area contributed by atoms with E-state index < -0.39 is 0 Å². The molecular weight excluding hydrogens is 377 g/mol. The van der Waals surface area contributed by atoms with E-state index in [4.69, 9.17) is 4.74 Å². The van der Waals surface area contributed by atoms with E-state index in [0.717, 1.165) is 43.2 Å². The molecule has 2 aromatic rings. The Hall–Kier alpha value is -1.50. The van der Waals surface area contributed by atoms with Gasteiger partial charge in [-0.05, 0) is 17.9 Å². The minimum absolute atomic E-state index is 0. The third-order valence-corrected chi connectivity index (χ3v) is 3.30. The molecule has 21 heavy (non-hydrogen) atoms. The molecule has 0 fully saturated rings. The van der Waals surface area contributed by atoms with Crippen LogP contribution in [0.4, 0.5) is 0 Å². The molecule has 2 N–H and O–H groups in total. The molecule has 0 atom stereocenters. The highest BCUT2D eigenvalue weighted by Crippen LogP contribution is 2.24. The van der Waals surface area contributed by atoms with Gasteiger partial charge in [0.1, 0.15) is 12.4 Å². The largest absolute Gasteiger partial charge is 0.491 e. The van der Waals surface area contributed by atoms with Gasteiger partial charge in [-0.15, -0.1) is 24.0 Å². The zero-order valence-corrected chi connectivity index (χ0v) is 14.2. The Labute approximate surface area is 142 Å². The Balaban J connectivity index is 0.00000161. The summed E-state index contributed by atoms with van der Waals surface area (Å²) >= 11 is 0. The summed E-state index contributed by atoms with van der Waals surface area (Å²) in [5, 5.41) is 8.85. The molecular formula is C16H20IN3O. The van der Waals surface area contributed by atoms with Gasteiger partial charge in [-0.25, -0.2) is 0 Å². The number of fused-ring (bicyclic) bond motifs is 1. The molecule has 0 aromatic heterocycles. The minimum Gasteiger partial charge on any atom is -0.491 e. The van der Waals surface area contributed by atoms with E-state index in [9.17, 15) is 0 Å². The second-order valence-electron chi connectivity index (χ2n) is 4.76. The molecule has 0 radical (unpaired) electrons. The van der Waals surface area contributed by atoms with Crippen LogP contribution in [0.2, 0.25) is 0 Å². The number of guanidine groups is 1. The smallest absolute Gasteiger partial charge is 0.191 e. The van der Waals surface area contributed by atoms with Crippen molar-refractivity contribution in [1.29, 1.82) is 0 Å². The Morgan fingerprint density at radius 3 is 2.86 bits per heavy atom. The first-order chi connectivity index (χ1) is 9.93. The lowest BCUT2D eigenvalue weighted by atomic mass is 10.1. The number of nitrogens with zero attached hydrogens (tertiary/aromatic N) is 1. The van der Waals surface area contributed by atoms with E-state index in [1.54, 1.807) is 0 Å². The van der Waals surface area contributed by atoms with Crippen molar-refractivity contribution in [3.63, 3.8) is 0 Å².